The van der Waals surface area contributed by atoms with Gasteiger partial charge in [-0.3, -0.25) is 4.79 Å². The van der Waals surface area contributed by atoms with Crippen LogP contribution in [-0.2, 0) is 10.2 Å². The van der Waals surface area contributed by atoms with E-state index in [-0.39, 0.29) is 11.3 Å². The molecular formula is C23H32N2O. The summed E-state index contributed by atoms with van der Waals surface area (Å²) in [6.07, 6.45) is 8.30. The molecule has 5 fully saturated rings. The van der Waals surface area contributed by atoms with Crippen molar-refractivity contribution in [1.82, 2.24) is 5.32 Å². The smallest absolute Gasteiger partial charge is 0.223 e. The lowest BCUT2D eigenvalue weighted by Gasteiger charge is -2.34. The number of amides is 1. The van der Waals surface area contributed by atoms with E-state index in [0.29, 0.717) is 35.1 Å². The van der Waals surface area contributed by atoms with Gasteiger partial charge in [-0.1, -0.05) is 37.3 Å². The molecule has 5 aliphatic carbocycles. The molecule has 4 bridgehead atoms. The minimum absolute atomic E-state index is 0.237. The van der Waals surface area contributed by atoms with Crippen molar-refractivity contribution in [3.05, 3.63) is 35.9 Å². The largest absolute Gasteiger partial charge is 0.353 e. The zero-order chi connectivity index (χ0) is 17.9. The second kappa shape index (κ2) is 5.82. The molecule has 1 amide bonds. The molecule has 0 heterocycles. The number of carbonyl (C=O) groups excluding carboxylic acids is 1. The van der Waals surface area contributed by atoms with Gasteiger partial charge in [0.25, 0.3) is 0 Å². The minimum Gasteiger partial charge on any atom is -0.353 e. The van der Waals surface area contributed by atoms with Crippen LogP contribution in [0.5, 0.6) is 0 Å². The normalized spacial score (nSPS) is 46.0. The van der Waals surface area contributed by atoms with E-state index in [1.54, 1.807) is 0 Å². The maximum atomic E-state index is 13.3. The Bertz CT molecular complexity index is 695. The van der Waals surface area contributed by atoms with Crippen molar-refractivity contribution in [2.45, 2.75) is 63.3 Å². The molecule has 0 radical (unpaired) electrons. The van der Waals surface area contributed by atoms with E-state index in [1.807, 2.05) is 0 Å². The van der Waals surface area contributed by atoms with Gasteiger partial charge in [-0.25, -0.2) is 0 Å². The maximum absolute atomic E-state index is 13.3. The summed E-state index contributed by atoms with van der Waals surface area (Å²) in [4.78, 5) is 13.3. The lowest BCUT2D eigenvalue weighted by molar-refractivity contribution is -0.128. The van der Waals surface area contributed by atoms with E-state index in [9.17, 15) is 4.79 Å². The number of rotatable bonds is 4. The average Bonchev–Trinajstić information content (AvgIpc) is 3.32. The van der Waals surface area contributed by atoms with Crippen molar-refractivity contribution in [2.24, 2.45) is 34.8 Å². The molecule has 1 aromatic rings. The minimum atomic E-state index is 0.237. The molecule has 5 saturated carbocycles. The third-order valence-electron chi connectivity index (χ3n) is 8.64. The van der Waals surface area contributed by atoms with E-state index in [2.05, 4.69) is 42.6 Å². The van der Waals surface area contributed by atoms with Gasteiger partial charge in [-0.15, -0.1) is 0 Å². The van der Waals surface area contributed by atoms with Gasteiger partial charge < -0.3 is 11.1 Å². The van der Waals surface area contributed by atoms with Gasteiger partial charge in [0.15, 0.2) is 0 Å². The van der Waals surface area contributed by atoms with E-state index in [0.717, 1.165) is 19.4 Å². The zero-order valence-electron chi connectivity index (χ0n) is 15.9. The van der Waals surface area contributed by atoms with E-state index in [1.165, 1.54) is 37.7 Å². The third-order valence-corrected chi connectivity index (χ3v) is 8.64. The molecule has 5 unspecified atom stereocenters. The van der Waals surface area contributed by atoms with Gasteiger partial charge in [0, 0.05) is 12.0 Å². The molecule has 0 saturated heterocycles. The first kappa shape index (κ1) is 16.8. The summed E-state index contributed by atoms with van der Waals surface area (Å²) in [5, 5.41) is 3.45. The Morgan fingerprint density at radius 3 is 2.50 bits per heavy atom. The van der Waals surface area contributed by atoms with Crippen molar-refractivity contribution in [3.63, 3.8) is 0 Å². The van der Waals surface area contributed by atoms with Gasteiger partial charge >= 0.3 is 0 Å². The van der Waals surface area contributed by atoms with Gasteiger partial charge in [0.05, 0.1) is 0 Å². The van der Waals surface area contributed by atoms with Crippen LogP contribution in [0.1, 0.15) is 57.4 Å². The molecule has 0 aliphatic heterocycles. The van der Waals surface area contributed by atoms with Crippen LogP contribution >= 0.6 is 0 Å². The van der Waals surface area contributed by atoms with Crippen molar-refractivity contribution in [2.75, 3.05) is 6.54 Å². The van der Waals surface area contributed by atoms with E-state index >= 15 is 0 Å². The first-order valence-corrected chi connectivity index (χ1v) is 10.6. The van der Waals surface area contributed by atoms with Crippen molar-refractivity contribution < 1.29 is 4.79 Å². The first-order valence-electron chi connectivity index (χ1n) is 10.6. The number of hydrogen-bond donors (Lipinski definition) is 2. The Morgan fingerprint density at radius 1 is 1.12 bits per heavy atom. The number of nitrogens with two attached hydrogens (primary N) is 1. The molecule has 5 aliphatic rings. The Hall–Kier alpha value is -1.35. The first-order chi connectivity index (χ1) is 12.6. The van der Waals surface area contributed by atoms with Crippen molar-refractivity contribution in [1.29, 1.82) is 0 Å². The van der Waals surface area contributed by atoms with Gasteiger partial charge in [-0.2, -0.15) is 0 Å². The summed E-state index contributed by atoms with van der Waals surface area (Å²) in [6, 6.07) is 11.4. The van der Waals surface area contributed by atoms with Crippen LogP contribution in [0.2, 0.25) is 0 Å². The van der Waals surface area contributed by atoms with Crippen LogP contribution in [0.4, 0.5) is 0 Å². The fourth-order valence-electron chi connectivity index (χ4n) is 7.49. The maximum Gasteiger partial charge on any atom is 0.223 e. The highest BCUT2D eigenvalue weighted by molar-refractivity contribution is 5.81. The Balaban J connectivity index is 1.33. The van der Waals surface area contributed by atoms with Gasteiger partial charge in [0.2, 0.25) is 5.91 Å². The van der Waals surface area contributed by atoms with Crippen LogP contribution in [-0.4, -0.2) is 18.5 Å². The molecule has 3 nitrogen and oxygen atoms in total. The summed E-state index contributed by atoms with van der Waals surface area (Å²) < 4.78 is 0. The molecule has 1 aromatic carbocycles. The van der Waals surface area contributed by atoms with Gasteiger partial charge in [0.1, 0.15) is 0 Å². The predicted molar refractivity (Wildman–Crippen MR) is 103 cm³/mol. The summed E-state index contributed by atoms with van der Waals surface area (Å²) >= 11 is 0. The molecule has 3 heteroatoms. The van der Waals surface area contributed by atoms with Crippen molar-refractivity contribution >= 4 is 5.91 Å². The number of benzene rings is 1. The third kappa shape index (κ3) is 2.25. The summed E-state index contributed by atoms with van der Waals surface area (Å²) in [5.41, 5.74) is 7.93. The quantitative estimate of drug-likeness (QED) is 0.869. The van der Waals surface area contributed by atoms with E-state index in [4.69, 9.17) is 5.73 Å². The molecule has 3 N–H and O–H groups in total. The zero-order valence-corrected chi connectivity index (χ0v) is 15.9. The van der Waals surface area contributed by atoms with Crippen LogP contribution in [0.3, 0.4) is 0 Å². The fraction of sp³-hybridized carbons (Fsp3) is 0.696. The molecule has 140 valence electrons. The Labute approximate surface area is 157 Å². The molecule has 0 spiro atoms. The molecule has 0 aromatic heterocycles. The fourth-order valence-corrected chi connectivity index (χ4v) is 7.49. The van der Waals surface area contributed by atoms with Crippen LogP contribution < -0.4 is 11.1 Å². The van der Waals surface area contributed by atoms with Crippen LogP contribution in [0, 0.1) is 29.1 Å². The second-order valence-electron chi connectivity index (χ2n) is 9.96. The lowest BCUT2D eigenvalue weighted by Crippen LogP contribution is -2.45. The Kier molecular flexibility index (Phi) is 3.76. The predicted octanol–water partition coefficient (Wildman–Crippen LogP) is 3.62. The highest BCUT2D eigenvalue weighted by Crippen LogP contribution is 2.78. The number of carbonyl (C=O) groups is 1. The van der Waals surface area contributed by atoms with Crippen LogP contribution in [0.15, 0.2) is 30.3 Å². The molecule has 5 atom stereocenters. The Morgan fingerprint density at radius 2 is 1.85 bits per heavy atom. The highest BCUT2D eigenvalue weighted by atomic mass is 16.2. The molecule has 26 heavy (non-hydrogen) atoms. The standard InChI is InChI=1S/C23H32N2O/c1-22-11-19-20(21(26)25-17-9-7-15(13-24)8-10-17)18(22)12-23(19,14-22)16-5-3-2-4-6-16/h2-6,15,17-20H,7-14,24H2,1H3,(H,25,26). The monoisotopic (exact) mass is 352 g/mol. The van der Waals surface area contributed by atoms with Crippen molar-refractivity contribution in [3.8, 4) is 0 Å². The average molecular weight is 353 g/mol. The SMILES string of the molecule is CC12CC3C(C(=O)NC4CCC(CN)CC4)C1CC3(c1ccccc1)C2. The van der Waals surface area contributed by atoms with Gasteiger partial charge in [-0.05, 0) is 85.6 Å². The topological polar surface area (TPSA) is 55.1 Å². The van der Waals surface area contributed by atoms with Crippen LogP contribution in [0.25, 0.3) is 0 Å². The summed E-state index contributed by atoms with van der Waals surface area (Å²) in [6.45, 7) is 3.24. The highest BCUT2D eigenvalue weighted by Gasteiger charge is 2.74. The van der Waals surface area contributed by atoms with E-state index < -0.39 is 0 Å². The second-order valence-corrected chi connectivity index (χ2v) is 9.96. The molecular weight excluding hydrogens is 320 g/mol. The lowest BCUT2D eigenvalue weighted by atomic mass is 9.71. The molecule has 6 rings (SSSR count). The summed E-state index contributed by atoms with van der Waals surface area (Å²) in [7, 11) is 0. The number of nitrogens with one attached hydrogen (secondary N) is 1. The summed E-state index contributed by atoms with van der Waals surface area (Å²) in [5.74, 6) is 2.38. The number of hydrogen-bond acceptors (Lipinski definition) is 2.